The van der Waals surface area contributed by atoms with Crippen molar-refractivity contribution in [2.75, 3.05) is 20.2 Å². The van der Waals surface area contributed by atoms with Gasteiger partial charge in [0, 0.05) is 24.7 Å². The lowest BCUT2D eigenvalue weighted by molar-refractivity contribution is 0.00791. The Labute approximate surface area is 144 Å². The van der Waals surface area contributed by atoms with E-state index in [9.17, 15) is 4.79 Å². The number of fused-ring (bicyclic) bond motifs is 1. The van der Waals surface area contributed by atoms with Crippen LogP contribution in [0.4, 0.5) is 4.79 Å². The second kappa shape index (κ2) is 5.96. The SMILES string of the molecule is COc1cccc2c1C(N)C1(CCN(C(=O)OC(C)(C)C)CC1)C2. The summed E-state index contributed by atoms with van der Waals surface area (Å²) in [5.74, 6) is 0.881. The lowest BCUT2D eigenvalue weighted by atomic mass is 9.73. The Morgan fingerprint density at radius 2 is 1.96 bits per heavy atom. The molecule has 1 heterocycles. The molecule has 5 heteroatoms. The van der Waals surface area contributed by atoms with Crippen molar-refractivity contribution in [3.8, 4) is 5.75 Å². The highest BCUT2D eigenvalue weighted by Gasteiger charge is 2.48. The predicted octanol–water partition coefficient (Wildman–Crippen LogP) is 3.27. The topological polar surface area (TPSA) is 64.8 Å². The average molecular weight is 332 g/mol. The van der Waals surface area contributed by atoms with Gasteiger partial charge < -0.3 is 20.1 Å². The maximum absolute atomic E-state index is 12.3. The molecule has 1 aromatic rings. The Morgan fingerprint density at radius 1 is 1.29 bits per heavy atom. The van der Waals surface area contributed by atoms with E-state index < -0.39 is 5.60 Å². The van der Waals surface area contributed by atoms with Gasteiger partial charge in [0.1, 0.15) is 11.4 Å². The number of ether oxygens (including phenoxy) is 2. The van der Waals surface area contributed by atoms with Crippen LogP contribution in [-0.2, 0) is 11.2 Å². The standard InChI is InChI=1S/C19H28N2O3/c1-18(2,3)24-17(22)21-10-8-19(9-11-21)12-13-6-5-7-14(23-4)15(13)16(19)20/h5-7,16H,8-12,20H2,1-4H3. The summed E-state index contributed by atoms with van der Waals surface area (Å²) in [6, 6.07) is 6.11. The maximum atomic E-state index is 12.3. The molecule has 1 aliphatic heterocycles. The number of likely N-dealkylation sites (tertiary alicyclic amines) is 1. The first kappa shape index (κ1) is 17.1. The van der Waals surface area contributed by atoms with Gasteiger partial charge in [-0.1, -0.05) is 12.1 Å². The van der Waals surface area contributed by atoms with E-state index in [2.05, 4.69) is 6.07 Å². The largest absolute Gasteiger partial charge is 0.496 e. The van der Waals surface area contributed by atoms with E-state index in [0.29, 0.717) is 13.1 Å². The first-order chi connectivity index (χ1) is 11.3. The molecule has 2 aliphatic rings. The second-order valence-corrected chi connectivity index (χ2v) is 8.02. The van der Waals surface area contributed by atoms with Crippen molar-refractivity contribution >= 4 is 6.09 Å². The summed E-state index contributed by atoms with van der Waals surface area (Å²) in [4.78, 5) is 14.1. The highest BCUT2D eigenvalue weighted by molar-refractivity contribution is 5.68. The van der Waals surface area contributed by atoms with E-state index in [1.807, 2.05) is 37.8 Å². The predicted molar refractivity (Wildman–Crippen MR) is 93.1 cm³/mol. The van der Waals surface area contributed by atoms with Crippen LogP contribution in [0.25, 0.3) is 0 Å². The van der Waals surface area contributed by atoms with Crippen LogP contribution in [0, 0.1) is 5.41 Å². The Morgan fingerprint density at radius 3 is 2.54 bits per heavy atom. The molecule has 0 saturated carbocycles. The Kier molecular flexibility index (Phi) is 4.24. The summed E-state index contributed by atoms with van der Waals surface area (Å²) in [6.45, 7) is 7.07. The Balaban J connectivity index is 1.72. The first-order valence-electron chi connectivity index (χ1n) is 8.65. The number of methoxy groups -OCH3 is 1. The number of rotatable bonds is 1. The van der Waals surface area contributed by atoms with Gasteiger partial charge in [0.15, 0.2) is 0 Å². The molecule has 0 aromatic heterocycles. The lowest BCUT2D eigenvalue weighted by Gasteiger charge is -2.42. The maximum Gasteiger partial charge on any atom is 0.410 e. The molecule has 3 rings (SSSR count). The van der Waals surface area contributed by atoms with Crippen LogP contribution in [0.1, 0.15) is 50.8 Å². The van der Waals surface area contributed by atoms with E-state index >= 15 is 0 Å². The van der Waals surface area contributed by atoms with Crippen molar-refractivity contribution in [2.45, 2.75) is 51.7 Å². The normalized spacial score (nSPS) is 22.4. The Bertz CT molecular complexity index is 628. The number of amides is 1. The van der Waals surface area contributed by atoms with E-state index in [-0.39, 0.29) is 17.6 Å². The molecular formula is C19H28N2O3. The number of benzene rings is 1. The average Bonchev–Trinajstić information content (AvgIpc) is 2.79. The monoisotopic (exact) mass is 332 g/mol. The number of hydrogen-bond acceptors (Lipinski definition) is 4. The van der Waals surface area contributed by atoms with E-state index in [4.69, 9.17) is 15.2 Å². The van der Waals surface area contributed by atoms with Crippen LogP contribution in [0.5, 0.6) is 5.75 Å². The smallest absolute Gasteiger partial charge is 0.410 e. The molecule has 1 spiro atoms. The van der Waals surface area contributed by atoms with Crippen LogP contribution in [-0.4, -0.2) is 36.8 Å². The molecule has 1 aromatic carbocycles. The number of carbonyl (C=O) groups is 1. The summed E-state index contributed by atoms with van der Waals surface area (Å²) >= 11 is 0. The summed E-state index contributed by atoms with van der Waals surface area (Å²) in [5.41, 5.74) is 8.63. The molecule has 1 atom stereocenters. The number of carbonyl (C=O) groups excluding carboxylic acids is 1. The molecular weight excluding hydrogens is 304 g/mol. The second-order valence-electron chi connectivity index (χ2n) is 8.02. The van der Waals surface area contributed by atoms with E-state index in [1.165, 1.54) is 5.56 Å². The summed E-state index contributed by atoms with van der Waals surface area (Å²) in [6.07, 6.45) is 2.53. The molecule has 0 bridgehead atoms. The van der Waals surface area contributed by atoms with Crippen molar-refractivity contribution in [3.63, 3.8) is 0 Å². The molecule has 0 radical (unpaired) electrons. The highest BCUT2D eigenvalue weighted by atomic mass is 16.6. The molecule has 24 heavy (non-hydrogen) atoms. The zero-order chi connectivity index (χ0) is 17.5. The number of hydrogen-bond donors (Lipinski definition) is 1. The molecule has 2 N–H and O–H groups in total. The lowest BCUT2D eigenvalue weighted by Crippen LogP contribution is -2.47. The van der Waals surface area contributed by atoms with Crippen molar-refractivity contribution in [1.82, 2.24) is 4.90 Å². The van der Waals surface area contributed by atoms with Crippen molar-refractivity contribution < 1.29 is 14.3 Å². The van der Waals surface area contributed by atoms with Gasteiger partial charge in [-0.15, -0.1) is 0 Å². The van der Waals surface area contributed by atoms with Gasteiger partial charge in [0.25, 0.3) is 0 Å². The molecule has 1 saturated heterocycles. The van der Waals surface area contributed by atoms with Crippen LogP contribution in [0.15, 0.2) is 18.2 Å². The molecule has 1 fully saturated rings. The molecule has 1 aliphatic carbocycles. The minimum atomic E-state index is -0.459. The minimum absolute atomic E-state index is 0.0233. The fourth-order valence-electron chi connectivity index (χ4n) is 4.02. The van der Waals surface area contributed by atoms with Gasteiger partial charge in [0.2, 0.25) is 0 Å². The molecule has 5 nitrogen and oxygen atoms in total. The van der Waals surface area contributed by atoms with Crippen LogP contribution < -0.4 is 10.5 Å². The third-order valence-electron chi connectivity index (χ3n) is 5.30. The van der Waals surface area contributed by atoms with Gasteiger partial charge in [-0.25, -0.2) is 4.79 Å². The van der Waals surface area contributed by atoms with Gasteiger partial charge in [0.05, 0.1) is 7.11 Å². The molecule has 1 unspecified atom stereocenters. The van der Waals surface area contributed by atoms with Crippen molar-refractivity contribution in [2.24, 2.45) is 11.1 Å². The quantitative estimate of drug-likeness (QED) is 0.857. The van der Waals surface area contributed by atoms with Gasteiger partial charge >= 0.3 is 6.09 Å². The Hall–Kier alpha value is -1.75. The fraction of sp³-hybridized carbons (Fsp3) is 0.632. The zero-order valence-electron chi connectivity index (χ0n) is 15.1. The molecule has 1 amide bonds. The van der Waals surface area contributed by atoms with E-state index in [1.54, 1.807) is 7.11 Å². The van der Waals surface area contributed by atoms with Gasteiger partial charge in [-0.3, -0.25) is 0 Å². The minimum Gasteiger partial charge on any atom is -0.496 e. The van der Waals surface area contributed by atoms with Crippen LogP contribution >= 0.6 is 0 Å². The number of nitrogens with two attached hydrogens (primary N) is 1. The van der Waals surface area contributed by atoms with Crippen molar-refractivity contribution in [3.05, 3.63) is 29.3 Å². The van der Waals surface area contributed by atoms with Crippen molar-refractivity contribution in [1.29, 1.82) is 0 Å². The molecule has 132 valence electrons. The fourth-order valence-corrected chi connectivity index (χ4v) is 4.02. The van der Waals surface area contributed by atoms with Gasteiger partial charge in [-0.2, -0.15) is 0 Å². The summed E-state index contributed by atoms with van der Waals surface area (Å²) in [7, 11) is 1.69. The third kappa shape index (κ3) is 2.97. The summed E-state index contributed by atoms with van der Waals surface area (Å²) in [5, 5.41) is 0. The van der Waals surface area contributed by atoms with Gasteiger partial charge in [-0.05, 0) is 57.1 Å². The third-order valence-corrected chi connectivity index (χ3v) is 5.30. The summed E-state index contributed by atoms with van der Waals surface area (Å²) < 4.78 is 11.0. The highest BCUT2D eigenvalue weighted by Crippen LogP contribution is 2.53. The van der Waals surface area contributed by atoms with E-state index in [0.717, 1.165) is 30.6 Å². The number of piperidine rings is 1. The van der Waals surface area contributed by atoms with Crippen LogP contribution in [0.3, 0.4) is 0 Å². The zero-order valence-corrected chi connectivity index (χ0v) is 15.1. The number of nitrogens with zero attached hydrogens (tertiary/aromatic N) is 1. The van der Waals surface area contributed by atoms with Crippen LogP contribution in [0.2, 0.25) is 0 Å². The first-order valence-corrected chi connectivity index (χ1v) is 8.65.